The fourth-order valence-electron chi connectivity index (χ4n) is 3.98. The molecule has 2 heterocycles. The number of amidine groups is 1. The van der Waals surface area contributed by atoms with Crippen LogP contribution in [0.5, 0.6) is 11.5 Å². The van der Waals surface area contributed by atoms with E-state index >= 15 is 0 Å². The van der Waals surface area contributed by atoms with Crippen LogP contribution in [-0.2, 0) is 6.54 Å². The number of aliphatic imine (C=N–C) groups is 1. The molecule has 2 aliphatic rings. The number of hydrazine groups is 1. The van der Waals surface area contributed by atoms with Crippen LogP contribution in [0.25, 0.3) is 0 Å². The van der Waals surface area contributed by atoms with Crippen LogP contribution in [0.3, 0.4) is 0 Å². The van der Waals surface area contributed by atoms with Gasteiger partial charge >= 0.3 is 0 Å². The van der Waals surface area contributed by atoms with E-state index in [2.05, 4.69) is 46.5 Å². The summed E-state index contributed by atoms with van der Waals surface area (Å²) in [4.78, 5) is 4.97. The van der Waals surface area contributed by atoms with Crippen molar-refractivity contribution in [3.63, 3.8) is 0 Å². The third-order valence-electron chi connectivity index (χ3n) is 5.71. The molecule has 3 aromatic rings. The van der Waals surface area contributed by atoms with Crippen LogP contribution in [0.15, 0.2) is 83.9 Å². The zero-order chi connectivity index (χ0) is 20.9. The van der Waals surface area contributed by atoms with Gasteiger partial charge in [0.1, 0.15) is 17.3 Å². The molecule has 0 radical (unpaired) electrons. The fourth-order valence-corrected chi connectivity index (χ4v) is 5.17. The van der Waals surface area contributed by atoms with Crippen molar-refractivity contribution < 1.29 is 4.74 Å². The molecule has 0 atom stereocenters. The molecule has 3 aromatic carbocycles. The van der Waals surface area contributed by atoms with E-state index in [1.807, 2.05) is 60.3 Å². The van der Waals surface area contributed by atoms with E-state index in [4.69, 9.17) is 9.73 Å². The van der Waals surface area contributed by atoms with Gasteiger partial charge in [-0.25, -0.2) is 10.4 Å². The second-order valence-corrected chi connectivity index (χ2v) is 9.06. The average Bonchev–Trinajstić information content (AvgIpc) is 2.82. The summed E-state index contributed by atoms with van der Waals surface area (Å²) in [5.74, 6) is 4.93. The highest BCUT2D eigenvalue weighted by molar-refractivity contribution is 7.99. The van der Waals surface area contributed by atoms with Gasteiger partial charge in [0.05, 0.1) is 16.9 Å². The molecule has 0 amide bonds. The first kappa shape index (κ1) is 20.0. The van der Waals surface area contributed by atoms with Crippen molar-refractivity contribution in [2.75, 3.05) is 16.8 Å². The molecule has 0 saturated carbocycles. The number of para-hydroxylation sites is 3. The monoisotopic (exact) mass is 430 g/mol. The molecule has 31 heavy (non-hydrogen) atoms. The maximum atomic E-state index is 5.88. The number of benzene rings is 3. The molecule has 1 fully saturated rings. The highest BCUT2D eigenvalue weighted by Gasteiger charge is 2.40. The van der Waals surface area contributed by atoms with Gasteiger partial charge in [-0.15, -0.1) is 0 Å². The van der Waals surface area contributed by atoms with E-state index in [0.717, 1.165) is 53.1 Å². The summed E-state index contributed by atoms with van der Waals surface area (Å²) in [5.41, 5.74) is 9.95. The molecular formula is C25H26N4OS. The highest BCUT2D eigenvalue weighted by atomic mass is 32.2. The summed E-state index contributed by atoms with van der Waals surface area (Å²) < 4.78 is 5.88. The first-order valence-electron chi connectivity index (χ1n) is 10.7. The lowest BCUT2D eigenvalue weighted by Crippen LogP contribution is -2.58. The van der Waals surface area contributed by atoms with Gasteiger partial charge in [-0.3, -0.25) is 0 Å². The number of nitrogens with zero attached hydrogens (tertiary/aromatic N) is 1. The van der Waals surface area contributed by atoms with Gasteiger partial charge in [-0.05, 0) is 66.3 Å². The number of rotatable bonds is 5. The Kier molecular flexibility index (Phi) is 5.82. The van der Waals surface area contributed by atoms with Crippen molar-refractivity contribution in [1.82, 2.24) is 10.9 Å². The Balaban J connectivity index is 1.24. The lowest BCUT2D eigenvalue weighted by atomic mass is 9.88. The zero-order valence-corrected chi connectivity index (χ0v) is 18.1. The Bertz CT molecular complexity index is 1050. The molecule has 0 aliphatic carbocycles. The molecule has 0 bridgehead atoms. The molecule has 158 valence electrons. The Morgan fingerprint density at radius 3 is 2.39 bits per heavy atom. The van der Waals surface area contributed by atoms with E-state index in [0.29, 0.717) is 6.54 Å². The lowest BCUT2D eigenvalue weighted by Gasteiger charge is -2.42. The van der Waals surface area contributed by atoms with E-state index in [-0.39, 0.29) is 5.54 Å². The largest absolute Gasteiger partial charge is 0.457 e. The van der Waals surface area contributed by atoms with Crippen molar-refractivity contribution in [2.24, 2.45) is 4.99 Å². The van der Waals surface area contributed by atoms with E-state index in [1.165, 1.54) is 5.56 Å². The quantitative estimate of drug-likeness (QED) is 0.467. The number of fused-ring (bicyclic) bond motifs is 1. The SMILES string of the molecule is c1ccc(Oc2ccc(CNNC3=Nc4ccccc4NC34CCSCC4)cc2)cc1. The number of thioether (sulfide) groups is 1. The van der Waals surface area contributed by atoms with E-state index < -0.39 is 0 Å². The molecule has 6 heteroatoms. The molecule has 1 spiro atoms. The Morgan fingerprint density at radius 2 is 1.58 bits per heavy atom. The van der Waals surface area contributed by atoms with Crippen LogP contribution in [-0.4, -0.2) is 22.9 Å². The molecule has 1 saturated heterocycles. The van der Waals surface area contributed by atoms with Crippen molar-refractivity contribution in [3.05, 3.63) is 84.4 Å². The summed E-state index contributed by atoms with van der Waals surface area (Å²) in [7, 11) is 0. The van der Waals surface area contributed by atoms with Crippen LogP contribution in [0.2, 0.25) is 0 Å². The Labute approximate surface area is 187 Å². The normalized spacial score (nSPS) is 16.7. The number of nitrogens with one attached hydrogen (secondary N) is 3. The minimum absolute atomic E-state index is 0.125. The van der Waals surface area contributed by atoms with Gasteiger partial charge in [-0.2, -0.15) is 11.8 Å². The molecule has 5 rings (SSSR count). The second kappa shape index (κ2) is 9.04. The van der Waals surface area contributed by atoms with Crippen LogP contribution in [0, 0.1) is 0 Å². The first-order valence-corrected chi connectivity index (χ1v) is 11.8. The van der Waals surface area contributed by atoms with Gasteiger partial charge in [-0.1, -0.05) is 42.5 Å². The number of ether oxygens (including phenoxy) is 1. The predicted octanol–water partition coefficient (Wildman–Crippen LogP) is 5.49. The average molecular weight is 431 g/mol. The number of hydrogen-bond donors (Lipinski definition) is 3. The summed E-state index contributed by atoms with van der Waals surface area (Å²) in [6, 6.07) is 26.3. The summed E-state index contributed by atoms with van der Waals surface area (Å²) >= 11 is 2.01. The summed E-state index contributed by atoms with van der Waals surface area (Å²) in [5, 5.41) is 3.78. The minimum Gasteiger partial charge on any atom is -0.457 e. The second-order valence-electron chi connectivity index (χ2n) is 7.83. The Morgan fingerprint density at radius 1 is 0.871 bits per heavy atom. The van der Waals surface area contributed by atoms with Gasteiger partial charge in [0.2, 0.25) is 0 Å². The van der Waals surface area contributed by atoms with Crippen LogP contribution < -0.4 is 20.9 Å². The van der Waals surface area contributed by atoms with Crippen molar-refractivity contribution in [1.29, 1.82) is 0 Å². The van der Waals surface area contributed by atoms with Crippen LogP contribution >= 0.6 is 11.8 Å². The topological polar surface area (TPSA) is 57.7 Å². The zero-order valence-electron chi connectivity index (χ0n) is 17.3. The summed E-state index contributed by atoms with van der Waals surface area (Å²) in [6.07, 6.45) is 2.12. The minimum atomic E-state index is -0.125. The molecule has 3 N–H and O–H groups in total. The van der Waals surface area contributed by atoms with Crippen molar-refractivity contribution >= 4 is 29.0 Å². The standard InChI is InChI=1S/C25H26N4OS/c1-2-6-20(7-3-1)30-21-12-10-19(11-13-21)18-26-29-24-25(14-16-31-17-15-25)28-23-9-5-4-8-22(23)27-24/h1-13,26,28H,14-18H2,(H,27,29). The van der Waals surface area contributed by atoms with Gasteiger partial charge in [0, 0.05) is 6.54 Å². The van der Waals surface area contributed by atoms with Crippen LogP contribution in [0.1, 0.15) is 18.4 Å². The van der Waals surface area contributed by atoms with Crippen molar-refractivity contribution in [2.45, 2.75) is 24.9 Å². The maximum Gasteiger partial charge on any atom is 0.142 e. The molecule has 0 aromatic heterocycles. The van der Waals surface area contributed by atoms with Gasteiger partial charge < -0.3 is 15.5 Å². The molecule has 5 nitrogen and oxygen atoms in total. The predicted molar refractivity (Wildman–Crippen MR) is 129 cm³/mol. The third kappa shape index (κ3) is 4.55. The fraction of sp³-hybridized carbons (Fsp3) is 0.240. The number of hydrogen-bond acceptors (Lipinski definition) is 6. The Hall–Kier alpha value is -2.96. The van der Waals surface area contributed by atoms with E-state index in [9.17, 15) is 0 Å². The number of anilines is 1. The smallest absolute Gasteiger partial charge is 0.142 e. The van der Waals surface area contributed by atoms with Crippen molar-refractivity contribution in [3.8, 4) is 11.5 Å². The van der Waals surface area contributed by atoms with Gasteiger partial charge in [0.15, 0.2) is 0 Å². The molecule has 0 unspecified atom stereocenters. The van der Waals surface area contributed by atoms with Gasteiger partial charge in [0.25, 0.3) is 0 Å². The third-order valence-corrected chi connectivity index (χ3v) is 6.70. The molecular weight excluding hydrogens is 404 g/mol. The van der Waals surface area contributed by atoms with Crippen LogP contribution in [0.4, 0.5) is 11.4 Å². The summed E-state index contributed by atoms with van der Waals surface area (Å²) in [6.45, 7) is 0.692. The maximum absolute atomic E-state index is 5.88. The lowest BCUT2D eigenvalue weighted by molar-refractivity contribution is 0.482. The first-order chi connectivity index (χ1) is 15.3. The van der Waals surface area contributed by atoms with E-state index in [1.54, 1.807) is 0 Å². The molecule has 2 aliphatic heterocycles. The highest BCUT2D eigenvalue weighted by Crippen LogP contribution is 2.39.